The highest BCUT2D eigenvalue weighted by Crippen LogP contribution is 2.17. The zero-order valence-electron chi connectivity index (χ0n) is 7.41. The zero-order chi connectivity index (χ0) is 10.1. The summed E-state index contributed by atoms with van der Waals surface area (Å²) in [5.74, 6) is 1.14. The van der Waals surface area contributed by atoms with Crippen LogP contribution in [0.25, 0.3) is 23.0 Å². The Labute approximate surface area is 88.1 Å². The van der Waals surface area contributed by atoms with Crippen molar-refractivity contribution in [1.82, 2.24) is 24.7 Å². The first-order chi connectivity index (χ1) is 7.43. The van der Waals surface area contributed by atoms with Crippen LogP contribution in [-0.4, -0.2) is 24.7 Å². The minimum Gasteiger partial charge on any atom is -0.364 e. The van der Waals surface area contributed by atoms with Gasteiger partial charge >= 0.3 is 0 Å². The average molecular weight is 219 g/mol. The van der Waals surface area contributed by atoms with Crippen molar-refractivity contribution in [3.63, 3.8) is 0 Å². The summed E-state index contributed by atoms with van der Waals surface area (Å²) in [5, 5.41) is 12.4. The molecular weight excluding hydrogens is 214 g/mol. The Morgan fingerprint density at radius 1 is 1.27 bits per heavy atom. The molecule has 1 N–H and O–H groups in total. The molecule has 6 nitrogen and oxygen atoms in total. The minimum atomic E-state index is 0.564. The fourth-order valence-corrected chi connectivity index (χ4v) is 1.66. The van der Waals surface area contributed by atoms with Gasteiger partial charge in [-0.25, -0.2) is 4.98 Å². The predicted octanol–water partition coefficient (Wildman–Crippen LogP) is 1.58. The molecular formula is C8H5N5OS. The second-order valence-electron chi connectivity index (χ2n) is 2.78. The van der Waals surface area contributed by atoms with Gasteiger partial charge in [0.1, 0.15) is 12.0 Å². The molecule has 3 heterocycles. The summed E-state index contributed by atoms with van der Waals surface area (Å²) >= 11 is 1.36. The van der Waals surface area contributed by atoms with Gasteiger partial charge in [-0.3, -0.25) is 5.10 Å². The summed E-state index contributed by atoms with van der Waals surface area (Å²) in [7, 11) is 0. The number of aromatic amines is 1. The monoisotopic (exact) mass is 219 g/mol. The first kappa shape index (κ1) is 8.30. The van der Waals surface area contributed by atoms with Gasteiger partial charge < -0.3 is 4.52 Å². The molecule has 0 radical (unpaired) electrons. The Morgan fingerprint density at radius 2 is 2.27 bits per heavy atom. The number of nitrogens with one attached hydrogen (secondary N) is 1. The third kappa shape index (κ3) is 1.42. The molecule has 0 spiro atoms. The standard InChI is InChI=1S/C8H5N5OS/c1-3-14-12-5(1)7-9-8(11-10-7)6-2-4-15-13-6/h1-4H,(H,9,10,11). The van der Waals surface area contributed by atoms with E-state index in [1.807, 2.05) is 11.4 Å². The van der Waals surface area contributed by atoms with Crippen LogP contribution in [0.3, 0.4) is 0 Å². The Bertz CT molecular complexity index is 493. The molecule has 74 valence electrons. The van der Waals surface area contributed by atoms with Gasteiger partial charge in [-0.15, -0.1) is 0 Å². The lowest BCUT2D eigenvalue weighted by Crippen LogP contribution is -1.80. The summed E-state index contributed by atoms with van der Waals surface area (Å²) in [6.07, 6.45) is 1.49. The Kier molecular flexibility index (Phi) is 1.82. The van der Waals surface area contributed by atoms with E-state index in [1.54, 1.807) is 6.07 Å². The van der Waals surface area contributed by atoms with Gasteiger partial charge in [0.25, 0.3) is 0 Å². The van der Waals surface area contributed by atoms with Crippen molar-refractivity contribution in [3.05, 3.63) is 23.8 Å². The van der Waals surface area contributed by atoms with Crippen molar-refractivity contribution in [2.45, 2.75) is 0 Å². The number of nitrogens with zero attached hydrogens (tertiary/aromatic N) is 4. The van der Waals surface area contributed by atoms with Crippen molar-refractivity contribution in [2.75, 3.05) is 0 Å². The molecule has 0 aliphatic carbocycles. The lowest BCUT2D eigenvalue weighted by Gasteiger charge is -1.83. The van der Waals surface area contributed by atoms with E-state index in [0.717, 1.165) is 5.69 Å². The van der Waals surface area contributed by atoms with E-state index < -0.39 is 0 Å². The van der Waals surface area contributed by atoms with Crippen LogP contribution in [0.1, 0.15) is 0 Å². The van der Waals surface area contributed by atoms with Crippen LogP contribution in [0.5, 0.6) is 0 Å². The number of hydrogen-bond donors (Lipinski definition) is 1. The number of rotatable bonds is 2. The van der Waals surface area contributed by atoms with E-state index in [-0.39, 0.29) is 0 Å². The first-order valence-corrected chi connectivity index (χ1v) is 5.01. The van der Waals surface area contributed by atoms with Crippen LogP contribution in [0.4, 0.5) is 0 Å². The number of aromatic nitrogens is 5. The SMILES string of the molecule is c1cc(-c2nc(-c3ccsn3)n[nH]2)no1. The summed E-state index contributed by atoms with van der Waals surface area (Å²) in [6, 6.07) is 3.58. The van der Waals surface area contributed by atoms with Crippen molar-refractivity contribution < 1.29 is 4.52 Å². The van der Waals surface area contributed by atoms with Crippen LogP contribution < -0.4 is 0 Å². The fourth-order valence-electron chi connectivity index (χ4n) is 1.15. The Balaban J connectivity index is 2.02. The first-order valence-electron chi connectivity index (χ1n) is 4.17. The molecule has 0 unspecified atom stereocenters. The largest absolute Gasteiger partial charge is 0.364 e. The molecule has 0 aromatic carbocycles. The predicted molar refractivity (Wildman–Crippen MR) is 53.0 cm³/mol. The second-order valence-corrected chi connectivity index (χ2v) is 3.44. The highest BCUT2D eigenvalue weighted by molar-refractivity contribution is 7.03. The van der Waals surface area contributed by atoms with Gasteiger partial charge in [-0.1, -0.05) is 5.16 Å². The van der Waals surface area contributed by atoms with Gasteiger partial charge in [0.05, 0.1) is 0 Å². The summed E-state index contributed by atoms with van der Waals surface area (Å²) in [5.41, 5.74) is 1.38. The molecule has 7 heteroatoms. The van der Waals surface area contributed by atoms with Gasteiger partial charge in [-0.2, -0.15) is 9.47 Å². The lowest BCUT2D eigenvalue weighted by molar-refractivity contribution is 0.422. The lowest BCUT2D eigenvalue weighted by atomic mass is 10.4. The Hall–Kier alpha value is -2.02. The fraction of sp³-hybridized carbons (Fsp3) is 0. The highest BCUT2D eigenvalue weighted by Gasteiger charge is 2.10. The van der Waals surface area contributed by atoms with E-state index in [1.165, 1.54) is 17.8 Å². The van der Waals surface area contributed by atoms with Crippen molar-refractivity contribution in [2.24, 2.45) is 0 Å². The normalized spacial score (nSPS) is 10.7. The average Bonchev–Trinajstić information content (AvgIpc) is 3.02. The molecule has 0 amide bonds. The smallest absolute Gasteiger partial charge is 0.201 e. The third-order valence-electron chi connectivity index (χ3n) is 1.83. The van der Waals surface area contributed by atoms with E-state index in [9.17, 15) is 0 Å². The molecule has 0 bridgehead atoms. The molecule has 0 saturated carbocycles. The van der Waals surface area contributed by atoms with Crippen molar-refractivity contribution in [3.8, 4) is 23.0 Å². The van der Waals surface area contributed by atoms with Gasteiger partial charge in [-0.05, 0) is 17.6 Å². The van der Waals surface area contributed by atoms with Crippen LogP contribution in [-0.2, 0) is 0 Å². The minimum absolute atomic E-state index is 0.564. The van der Waals surface area contributed by atoms with Gasteiger partial charge in [0.2, 0.25) is 5.82 Å². The molecule has 3 aromatic heterocycles. The van der Waals surface area contributed by atoms with Crippen LogP contribution in [0, 0.1) is 0 Å². The molecule has 3 rings (SSSR count). The molecule has 0 aliphatic heterocycles. The van der Waals surface area contributed by atoms with Crippen molar-refractivity contribution >= 4 is 11.5 Å². The third-order valence-corrected chi connectivity index (χ3v) is 2.39. The maximum absolute atomic E-state index is 4.72. The second kappa shape index (κ2) is 3.28. The number of hydrogen-bond acceptors (Lipinski definition) is 6. The van der Waals surface area contributed by atoms with E-state index >= 15 is 0 Å². The van der Waals surface area contributed by atoms with Crippen LogP contribution in [0.2, 0.25) is 0 Å². The molecule has 3 aromatic rings. The van der Waals surface area contributed by atoms with Crippen LogP contribution in [0.15, 0.2) is 28.3 Å². The van der Waals surface area contributed by atoms with E-state index in [4.69, 9.17) is 4.52 Å². The highest BCUT2D eigenvalue weighted by atomic mass is 32.1. The number of H-pyrrole nitrogens is 1. The molecule has 0 saturated heterocycles. The van der Waals surface area contributed by atoms with Gasteiger partial charge in [0.15, 0.2) is 11.5 Å². The summed E-state index contributed by atoms with van der Waals surface area (Å²) < 4.78 is 8.85. The molecule has 0 aliphatic rings. The van der Waals surface area contributed by atoms with E-state index in [2.05, 4.69) is 24.7 Å². The molecule has 15 heavy (non-hydrogen) atoms. The maximum Gasteiger partial charge on any atom is 0.201 e. The summed E-state index contributed by atoms with van der Waals surface area (Å²) in [4.78, 5) is 4.25. The summed E-state index contributed by atoms with van der Waals surface area (Å²) in [6.45, 7) is 0. The van der Waals surface area contributed by atoms with Crippen molar-refractivity contribution in [1.29, 1.82) is 0 Å². The quantitative estimate of drug-likeness (QED) is 0.707. The molecule has 0 fully saturated rings. The zero-order valence-corrected chi connectivity index (χ0v) is 8.23. The Morgan fingerprint density at radius 3 is 3.00 bits per heavy atom. The van der Waals surface area contributed by atoms with Crippen LogP contribution >= 0.6 is 11.5 Å². The maximum atomic E-state index is 4.72. The van der Waals surface area contributed by atoms with Gasteiger partial charge in [0, 0.05) is 11.4 Å². The topological polar surface area (TPSA) is 80.5 Å². The molecule has 0 atom stereocenters. The van der Waals surface area contributed by atoms with E-state index in [0.29, 0.717) is 17.3 Å².